The van der Waals surface area contributed by atoms with Gasteiger partial charge in [-0.1, -0.05) is 6.07 Å². The average molecular weight is 216 g/mol. The van der Waals surface area contributed by atoms with Crippen molar-refractivity contribution in [2.45, 2.75) is 26.1 Å². The quantitative estimate of drug-likeness (QED) is 0.684. The Morgan fingerprint density at radius 2 is 1.87 bits per heavy atom. The Bertz CT molecular complexity index is 347. The zero-order valence-electron chi connectivity index (χ0n) is 8.85. The molecule has 0 aliphatic heterocycles. The molecular weight excluding hydrogens is 204 g/mol. The number of hydrogen-bond acceptors (Lipinski definition) is 1. The molecule has 0 saturated heterocycles. The third-order valence-corrected chi connectivity index (χ3v) is 1.86. The van der Waals surface area contributed by atoms with Crippen molar-refractivity contribution in [3.05, 3.63) is 23.8 Å². The molecule has 1 nitrogen and oxygen atoms in total. The van der Waals surface area contributed by atoms with Crippen LogP contribution in [0.2, 0.25) is 0 Å². The summed E-state index contributed by atoms with van der Waals surface area (Å²) < 4.78 is 42.3. The maximum atomic E-state index is 12.3. The summed E-state index contributed by atoms with van der Waals surface area (Å²) >= 11 is 0. The average Bonchev–Trinajstić information content (AvgIpc) is 2.05. The van der Waals surface area contributed by atoms with Crippen LogP contribution in [-0.2, 0) is 6.18 Å². The summed E-state index contributed by atoms with van der Waals surface area (Å²) in [7, 11) is 1.60. The van der Waals surface area contributed by atoms with Crippen molar-refractivity contribution in [3.8, 4) is 5.75 Å². The van der Waals surface area contributed by atoms with Crippen molar-refractivity contribution < 1.29 is 17.9 Å². The molecule has 82 valence electrons. The highest BCUT2D eigenvalue weighted by Gasteiger charge is 2.30. The van der Waals surface area contributed by atoms with Gasteiger partial charge in [-0.3, -0.25) is 0 Å². The Hall–Kier alpha value is -1.13. The molecule has 0 atom stereocenters. The van der Waals surface area contributed by atoms with E-state index in [1.807, 2.05) is 13.8 Å². The van der Waals surface area contributed by atoms with Crippen molar-refractivity contribution in [3.63, 3.8) is 0 Å². The van der Waals surface area contributed by atoms with Crippen molar-refractivity contribution in [2.75, 3.05) is 0 Å². The molecular formula is C10H12BF3O. The van der Waals surface area contributed by atoms with Gasteiger partial charge in [-0.05, 0) is 31.4 Å². The van der Waals surface area contributed by atoms with Gasteiger partial charge in [-0.15, -0.1) is 0 Å². The molecule has 0 unspecified atom stereocenters. The van der Waals surface area contributed by atoms with Crippen molar-refractivity contribution in [2.24, 2.45) is 0 Å². The third kappa shape index (κ3) is 3.18. The number of ether oxygens (including phenoxy) is 1. The van der Waals surface area contributed by atoms with Gasteiger partial charge in [0.1, 0.15) is 13.6 Å². The zero-order valence-corrected chi connectivity index (χ0v) is 8.85. The maximum Gasteiger partial charge on any atom is 0.416 e. The molecule has 1 rings (SSSR count). The molecule has 15 heavy (non-hydrogen) atoms. The Labute approximate surface area is 87.7 Å². The largest absolute Gasteiger partial charge is 0.492 e. The molecule has 0 spiro atoms. The fraction of sp³-hybridized carbons (Fsp3) is 0.400. The van der Waals surface area contributed by atoms with Crippen LogP contribution in [0.4, 0.5) is 13.2 Å². The van der Waals surface area contributed by atoms with Gasteiger partial charge in [-0.2, -0.15) is 13.2 Å². The minimum absolute atomic E-state index is 0.0413. The standard InChI is InChI=1S/C10H12BF3O/c1-6(2)15-9-4-3-7(5-8(9)11)10(12,13)14/h3-6H,11H2,1-2H3. The first-order valence-electron chi connectivity index (χ1n) is 4.65. The van der Waals surface area contributed by atoms with Crippen LogP contribution >= 0.6 is 0 Å². The lowest BCUT2D eigenvalue weighted by molar-refractivity contribution is -0.137. The number of hydrogen-bond donors (Lipinski definition) is 0. The second-order valence-corrected chi connectivity index (χ2v) is 3.64. The van der Waals surface area contributed by atoms with E-state index in [0.717, 1.165) is 12.1 Å². The predicted molar refractivity (Wildman–Crippen MR) is 55.4 cm³/mol. The summed E-state index contributed by atoms with van der Waals surface area (Å²) in [6.45, 7) is 3.66. The van der Waals surface area contributed by atoms with Crippen LogP contribution in [0.5, 0.6) is 5.75 Å². The third-order valence-electron chi connectivity index (χ3n) is 1.86. The van der Waals surface area contributed by atoms with Crippen LogP contribution in [0.25, 0.3) is 0 Å². The van der Waals surface area contributed by atoms with Crippen molar-refractivity contribution in [1.29, 1.82) is 0 Å². The Morgan fingerprint density at radius 3 is 2.27 bits per heavy atom. The van der Waals surface area contributed by atoms with E-state index in [2.05, 4.69) is 0 Å². The minimum Gasteiger partial charge on any atom is -0.492 e. The molecule has 0 heterocycles. The lowest BCUT2D eigenvalue weighted by atomic mass is 9.93. The van der Waals surface area contributed by atoms with Crippen LogP contribution < -0.4 is 10.2 Å². The van der Waals surface area contributed by atoms with Crippen LogP contribution in [0.15, 0.2) is 18.2 Å². The number of alkyl halides is 3. The second kappa shape index (κ2) is 4.17. The smallest absolute Gasteiger partial charge is 0.416 e. The highest BCUT2D eigenvalue weighted by atomic mass is 19.4. The summed E-state index contributed by atoms with van der Waals surface area (Å²) in [6.07, 6.45) is -4.33. The van der Waals surface area contributed by atoms with E-state index >= 15 is 0 Å². The molecule has 0 saturated carbocycles. The van der Waals surface area contributed by atoms with E-state index in [1.54, 1.807) is 7.85 Å². The summed E-state index contributed by atoms with van der Waals surface area (Å²) in [6, 6.07) is 3.49. The molecule has 5 heteroatoms. The Morgan fingerprint density at radius 1 is 1.27 bits per heavy atom. The molecule has 1 aromatic carbocycles. The highest BCUT2D eigenvalue weighted by Crippen LogP contribution is 2.29. The Kier molecular flexibility index (Phi) is 3.32. The van der Waals surface area contributed by atoms with E-state index in [4.69, 9.17) is 4.74 Å². The van der Waals surface area contributed by atoms with Gasteiger partial charge in [0, 0.05) is 0 Å². The normalized spacial score (nSPS) is 11.9. The maximum absolute atomic E-state index is 12.3. The van der Waals surface area contributed by atoms with Gasteiger partial charge >= 0.3 is 6.18 Å². The fourth-order valence-electron chi connectivity index (χ4n) is 1.21. The predicted octanol–water partition coefficient (Wildman–Crippen LogP) is 1.75. The summed E-state index contributed by atoms with van der Waals surface area (Å²) in [5.41, 5.74) is -0.144. The van der Waals surface area contributed by atoms with Crippen molar-refractivity contribution >= 4 is 13.3 Å². The molecule has 0 fully saturated rings. The number of benzene rings is 1. The fourth-order valence-corrected chi connectivity index (χ4v) is 1.21. The van der Waals surface area contributed by atoms with Crippen LogP contribution in [0.3, 0.4) is 0 Å². The topological polar surface area (TPSA) is 9.23 Å². The SMILES string of the molecule is Bc1cc(C(F)(F)F)ccc1OC(C)C. The summed E-state index contributed by atoms with van der Waals surface area (Å²) in [4.78, 5) is 0. The Balaban J connectivity index is 2.98. The van der Waals surface area contributed by atoms with Crippen LogP contribution in [-0.4, -0.2) is 14.0 Å². The van der Waals surface area contributed by atoms with E-state index in [1.165, 1.54) is 6.07 Å². The first-order valence-corrected chi connectivity index (χ1v) is 4.65. The molecule has 0 aromatic heterocycles. The molecule has 0 bridgehead atoms. The lowest BCUT2D eigenvalue weighted by Gasteiger charge is -2.14. The van der Waals surface area contributed by atoms with Gasteiger partial charge in [0.05, 0.1) is 11.7 Å². The highest BCUT2D eigenvalue weighted by molar-refractivity contribution is 6.34. The second-order valence-electron chi connectivity index (χ2n) is 3.64. The van der Waals surface area contributed by atoms with Gasteiger partial charge in [0.2, 0.25) is 0 Å². The monoisotopic (exact) mass is 216 g/mol. The molecule has 0 aliphatic carbocycles. The number of halogens is 3. The first kappa shape index (κ1) is 11.9. The van der Waals surface area contributed by atoms with E-state index in [0.29, 0.717) is 11.2 Å². The van der Waals surface area contributed by atoms with E-state index < -0.39 is 11.7 Å². The molecule has 0 amide bonds. The van der Waals surface area contributed by atoms with Gasteiger partial charge in [0.15, 0.2) is 0 Å². The minimum atomic E-state index is -4.29. The zero-order chi connectivity index (χ0) is 11.6. The lowest BCUT2D eigenvalue weighted by Crippen LogP contribution is -2.17. The van der Waals surface area contributed by atoms with Gasteiger partial charge < -0.3 is 4.74 Å². The van der Waals surface area contributed by atoms with Crippen LogP contribution in [0.1, 0.15) is 19.4 Å². The summed E-state index contributed by atoms with van der Waals surface area (Å²) in [5, 5.41) is 0. The number of rotatable bonds is 2. The molecule has 0 N–H and O–H groups in total. The molecule has 0 radical (unpaired) electrons. The summed E-state index contributed by atoms with van der Waals surface area (Å²) in [5.74, 6) is 0.498. The molecule has 1 aromatic rings. The van der Waals surface area contributed by atoms with Gasteiger partial charge in [0.25, 0.3) is 0 Å². The van der Waals surface area contributed by atoms with Gasteiger partial charge in [-0.25, -0.2) is 0 Å². The first-order chi connectivity index (χ1) is 6.80. The van der Waals surface area contributed by atoms with Crippen molar-refractivity contribution in [1.82, 2.24) is 0 Å². The van der Waals surface area contributed by atoms with E-state index in [9.17, 15) is 13.2 Å². The molecule has 0 aliphatic rings. The van der Waals surface area contributed by atoms with E-state index in [-0.39, 0.29) is 6.10 Å². The van der Waals surface area contributed by atoms with Crippen LogP contribution in [0, 0.1) is 0 Å².